The number of nitrogens with one attached hydrogen (secondary N) is 2. The molecule has 0 atom stereocenters. The Balaban J connectivity index is 1.66. The second-order valence-electron chi connectivity index (χ2n) is 7.28. The molecule has 1 aromatic heterocycles. The van der Waals surface area contributed by atoms with Crippen LogP contribution in [0.25, 0.3) is 11.3 Å². The zero-order chi connectivity index (χ0) is 22.4. The predicted octanol–water partition coefficient (Wildman–Crippen LogP) is 5.85. The van der Waals surface area contributed by atoms with Crippen molar-refractivity contribution >= 4 is 33.8 Å². The van der Waals surface area contributed by atoms with Gasteiger partial charge in [-0.05, 0) is 57.4 Å². The van der Waals surface area contributed by atoms with Crippen LogP contribution < -0.4 is 10.6 Å². The Labute approximate surface area is 182 Å². The summed E-state index contributed by atoms with van der Waals surface area (Å²) in [6, 6.07) is 12.3. The third-order valence-electron chi connectivity index (χ3n) is 4.40. The summed E-state index contributed by atoms with van der Waals surface area (Å²) in [6.45, 7) is 0.841. The van der Waals surface area contributed by atoms with Crippen molar-refractivity contribution in [3.8, 4) is 11.3 Å². The molecule has 2 aromatic carbocycles. The maximum Gasteiger partial charge on any atom is 0.416 e. The smallest absolute Gasteiger partial charge is 0.332 e. The average Bonchev–Trinajstić information content (AvgIpc) is 3.16. The van der Waals surface area contributed by atoms with Crippen LogP contribution in [0.2, 0.25) is 0 Å². The van der Waals surface area contributed by atoms with E-state index in [0.717, 1.165) is 30.7 Å². The van der Waals surface area contributed by atoms with Crippen LogP contribution in [-0.2, 0) is 11.0 Å². The van der Waals surface area contributed by atoms with E-state index in [0.29, 0.717) is 28.6 Å². The minimum atomic E-state index is -4.40. The number of carbonyl (C=O) groups is 1. The number of halogens is 3. The molecule has 9 heteroatoms. The number of anilines is 3. The number of aromatic nitrogens is 1. The van der Waals surface area contributed by atoms with Gasteiger partial charge in [0.25, 0.3) is 0 Å². The molecule has 0 aliphatic heterocycles. The van der Waals surface area contributed by atoms with Crippen molar-refractivity contribution < 1.29 is 18.0 Å². The van der Waals surface area contributed by atoms with Crippen molar-refractivity contribution in [2.24, 2.45) is 0 Å². The van der Waals surface area contributed by atoms with Crippen molar-refractivity contribution in [3.05, 3.63) is 59.5 Å². The summed E-state index contributed by atoms with van der Waals surface area (Å²) in [5.74, 6) is -0.0517. The van der Waals surface area contributed by atoms with Gasteiger partial charge in [0.15, 0.2) is 5.13 Å². The highest BCUT2D eigenvalue weighted by atomic mass is 32.1. The molecule has 0 radical (unpaired) electrons. The summed E-state index contributed by atoms with van der Waals surface area (Å²) in [7, 11) is 3.93. The third kappa shape index (κ3) is 6.80. The Morgan fingerprint density at radius 3 is 2.58 bits per heavy atom. The third-order valence-corrected chi connectivity index (χ3v) is 5.15. The van der Waals surface area contributed by atoms with Crippen LogP contribution in [0, 0.1) is 0 Å². The lowest BCUT2D eigenvalue weighted by molar-refractivity contribution is -0.137. The number of thiazole rings is 1. The lowest BCUT2D eigenvalue weighted by Gasteiger charge is -2.10. The Kier molecular flexibility index (Phi) is 7.29. The molecular formula is C22H23F3N4OS. The molecule has 164 valence electrons. The van der Waals surface area contributed by atoms with Gasteiger partial charge in [0.2, 0.25) is 5.91 Å². The summed E-state index contributed by atoms with van der Waals surface area (Å²) >= 11 is 1.29. The first-order chi connectivity index (χ1) is 14.7. The molecular weight excluding hydrogens is 425 g/mol. The van der Waals surface area contributed by atoms with Crippen LogP contribution in [0.4, 0.5) is 29.7 Å². The number of amides is 1. The van der Waals surface area contributed by atoms with Crippen molar-refractivity contribution in [3.63, 3.8) is 0 Å². The highest BCUT2D eigenvalue weighted by Gasteiger charge is 2.30. The number of rotatable bonds is 8. The lowest BCUT2D eigenvalue weighted by atomic mass is 10.1. The zero-order valence-electron chi connectivity index (χ0n) is 17.2. The van der Waals surface area contributed by atoms with Crippen molar-refractivity contribution in [2.75, 3.05) is 31.3 Å². The second-order valence-corrected chi connectivity index (χ2v) is 8.14. The molecule has 0 fully saturated rings. The highest BCUT2D eigenvalue weighted by molar-refractivity contribution is 7.14. The van der Waals surface area contributed by atoms with Gasteiger partial charge >= 0.3 is 6.18 Å². The Hall–Kier alpha value is -2.91. The quantitative estimate of drug-likeness (QED) is 0.454. The summed E-state index contributed by atoms with van der Waals surface area (Å²) in [5.41, 5.74) is 1.74. The van der Waals surface area contributed by atoms with E-state index in [2.05, 4.69) is 15.6 Å². The number of hydrogen-bond acceptors (Lipinski definition) is 5. The predicted molar refractivity (Wildman–Crippen MR) is 119 cm³/mol. The Bertz CT molecular complexity index is 1030. The largest absolute Gasteiger partial charge is 0.416 e. The number of alkyl halides is 3. The molecule has 0 aliphatic carbocycles. The molecule has 5 nitrogen and oxygen atoms in total. The van der Waals surface area contributed by atoms with Crippen LogP contribution in [0.5, 0.6) is 0 Å². The van der Waals surface area contributed by atoms with Crippen molar-refractivity contribution in [1.82, 2.24) is 9.88 Å². The van der Waals surface area contributed by atoms with E-state index in [1.54, 1.807) is 6.07 Å². The molecule has 0 saturated carbocycles. The SMILES string of the molecule is CN(C)CCCC(=O)Nc1cccc(-c2csc(Nc3cccc(C(F)(F)F)c3)n2)c1. The van der Waals surface area contributed by atoms with Crippen LogP contribution >= 0.6 is 11.3 Å². The number of hydrogen-bond donors (Lipinski definition) is 2. The lowest BCUT2D eigenvalue weighted by Crippen LogP contribution is -2.17. The molecule has 0 spiro atoms. The van der Waals surface area contributed by atoms with Gasteiger partial charge in [0, 0.05) is 28.7 Å². The summed E-state index contributed by atoms with van der Waals surface area (Å²) in [5, 5.41) is 8.10. The molecule has 3 aromatic rings. The molecule has 0 aliphatic rings. The van der Waals surface area contributed by atoms with Crippen molar-refractivity contribution in [1.29, 1.82) is 0 Å². The summed E-state index contributed by atoms with van der Waals surface area (Å²) in [6.07, 6.45) is -3.19. The van der Waals surface area contributed by atoms with E-state index >= 15 is 0 Å². The standard InChI is InChI=1S/C22H23F3N4OS/c1-29(2)11-5-10-20(30)26-17-8-3-6-15(12-17)19-14-31-21(28-19)27-18-9-4-7-16(13-18)22(23,24)25/h3-4,6-9,12-14H,5,10-11H2,1-2H3,(H,26,30)(H,27,28). The summed E-state index contributed by atoms with van der Waals surface area (Å²) in [4.78, 5) is 18.6. The highest BCUT2D eigenvalue weighted by Crippen LogP contribution is 2.33. The van der Waals surface area contributed by atoms with Gasteiger partial charge in [-0.1, -0.05) is 18.2 Å². The van der Waals surface area contributed by atoms with E-state index in [1.165, 1.54) is 17.4 Å². The average molecular weight is 449 g/mol. The van der Waals surface area contributed by atoms with Gasteiger partial charge in [-0.15, -0.1) is 11.3 Å². The first kappa shape index (κ1) is 22.8. The minimum absolute atomic E-state index is 0.0517. The topological polar surface area (TPSA) is 57.3 Å². The van der Waals surface area contributed by atoms with Gasteiger partial charge < -0.3 is 15.5 Å². The van der Waals surface area contributed by atoms with Crippen LogP contribution in [0.3, 0.4) is 0 Å². The molecule has 0 unspecified atom stereocenters. The van der Waals surface area contributed by atoms with Crippen LogP contribution in [0.1, 0.15) is 18.4 Å². The van der Waals surface area contributed by atoms with Crippen molar-refractivity contribution in [2.45, 2.75) is 19.0 Å². The van der Waals surface area contributed by atoms with E-state index in [9.17, 15) is 18.0 Å². The summed E-state index contributed by atoms with van der Waals surface area (Å²) < 4.78 is 38.7. The molecule has 0 saturated heterocycles. The van der Waals surface area contributed by atoms with Gasteiger partial charge in [0.1, 0.15) is 0 Å². The van der Waals surface area contributed by atoms with Gasteiger partial charge in [0.05, 0.1) is 11.3 Å². The fourth-order valence-corrected chi connectivity index (χ4v) is 3.64. The van der Waals surface area contributed by atoms with Crippen LogP contribution in [0.15, 0.2) is 53.9 Å². The fourth-order valence-electron chi connectivity index (χ4n) is 2.90. The monoisotopic (exact) mass is 448 g/mol. The minimum Gasteiger partial charge on any atom is -0.332 e. The van der Waals surface area contributed by atoms with Gasteiger partial charge in [-0.2, -0.15) is 13.2 Å². The molecule has 1 heterocycles. The van der Waals surface area contributed by atoms with Crippen LogP contribution in [-0.4, -0.2) is 36.4 Å². The van der Waals surface area contributed by atoms with E-state index < -0.39 is 11.7 Å². The van der Waals surface area contributed by atoms with Gasteiger partial charge in [-0.3, -0.25) is 4.79 Å². The zero-order valence-corrected chi connectivity index (χ0v) is 18.0. The number of nitrogens with zero attached hydrogens (tertiary/aromatic N) is 2. The molecule has 3 rings (SSSR count). The Morgan fingerprint density at radius 2 is 1.84 bits per heavy atom. The molecule has 2 N–H and O–H groups in total. The van der Waals surface area contributed by atoms with Gasteiger partial charge in [-0.25, -0.2) is 4.98 Å². The normalized spacial score (nSPS) is 11.5. The molecule has 0 bridgehead atoms. The number of carbonyl (C=O) groups excluding carboxylic acids is 1. The Morgan fingerprint density at radius 1 is 1.10 bits per heavy atom. The van der Waals surface area contributed by atoms with E-state index in [1.807, 2.05) is 48.6 Å². The maximum absolute atomic E-state index is 12.9. The number of benzene rings is 2. The fraction of sp³-hybridized carbons (Fsp3) is 0.273. The second kappa shape index (κ2) is 9.93. The molecule has 1 amide bonds. The first-order valence-electron chi connectivity index (χ1n) is 9.65. The first-order valence-corrected chi connectivity index (χ1v) is 10.5. The maximum atomic E-state index is 12.9. The van der Waals surface area contributed by atoms with E-state index in [-0.39, 0.29) is 5.91 Å². The van der Waals surface area contributed by atoms with E-state index in [4.69, 9.17) is 0 Å². The molecule has 31 heavy (non-hydrogen) atoms.